The van der Waals surface area contributed by atoms with Crippen LogP contribution in [0.5, 0.6) is 0 Å². The molecule has 0 spiro atoms. The van der Waals surface area contributed by atoms with E-state index in [2.05, 4.69) is 4.99 Å². The maximum Gasteiger partial charge on any atom is 0.435 e. The van der Waals surface area contributed by atoms with Crippen molar-refractivity contribution in [3.8, 4) is 0 Å². The van der Waals surface area contributed by atoms with E-state index in [0.717, 1.165) is 26.7 Å². The van der Waals surface area contributed by atoms with Gasteiger partial charge in [-0.05, 0) is 72.8 Å². The van der Waals surface area contributed by atoms with Gasteiger partial charge in [-0.15, -0.1) is 0 Å². The third-order valence-corrected chi connectivity index (χ3v) is 5.64. The molecule has 0 aliphatic carbocycles. The molecule has 38 heavy (non-hydrogen) atoms. The molecule has 0 radical (unpaired) electrons. The van der Waals surface area contributed by atoms with E-state index in [1.165, 1.54) is 19.1 Å². The maximum absolute atomic E-state index is 13.0. The normalized spacial score (nSPS) is 13.8. The number of aliphatic imine (C=N–C) groups is 1. The molecular weight excluding hydrogens is 512 g/mol. The zero-order valence-corrected chi connectivity index (χ0v) is 24.0. The van der Waals surface area contributed by atoms with Crippen LogP contribution in [0.4, 0.5) is 14.4 Å². The molecule has 0 saturated heterocycles. The number of thioether (sulfide) groups is 1. The van der Waals surface area contributed by atoms with Crippen molar-refractivity contribution >= 4 is 46.8 Å². The number of hydrogen-bond acceptors (Lipinski definition) is 8. The summed E-state index contributed by atoms with van der Waals surface area (Å²) in [6, 6.07) is 6.36. The van der Waals surface area contributed by atoms with Crippen LogP contribution in [-0.2, 0) is 9.47 Å². The molecule has 12 heteroatoms. The van der Waals surface area contributed by atoms with Crippen LogP contribution in [-0.4, -0.2) is 80.0 Å². The number of rotatable bonds is 6. The number of nitrogens with zero attached hydrogens (tertiary/aromatic N) is 4. The molecule has 0 bridgehead atoms. The molecule has 0 saturated carbocycles. The summed E-state index contributed by atoms with van der Waals surface area (Å²) in [5.41, 5.74) is -1.16. The Morgan fingerprint density at radius 3 is 1.92 bits per heavy atom. The minimum absolute atomic E-state index is 0.0171. The Morgan fingerprint density at radius 1 is 0.921 bits per heavy atom. The fourth-order valence-corrected chi connectivity index (χ4v) is 3.99. The van der Waals surface area contributed by atoms with Crippen LogP contribution in [0.3, 0.4) is 0 Å². The number of amides is 5. The van der Waals surface area contributed by atoms with Crippen molar-refractivity contribution in [1.29, 1.82) is 0 Å². The molecule has 0 fully saturated rings. The van der Waals surface area contributed by atoms with Crippen LogP contribution in [0.2, 0.25) is 0 Å². The zero-order chi connectivity index (χ0) is 28.8. The lowest BCUT2D eigenvalue weighted by atomic mass is 10.1. The molecule has 0 N–H and O–H groups in total. The molecule has 0 atom stereocenters. The van der Waals surface area contributed by atoms with Gasteiger partial charge < -0.3 is 9.47 Å². The molecule has 1 aliphatic heterocycles. The molecule has 5 amide bonds. The molecule has 1 heterocycles. The molecule has 11 nitrogen and oxygen atoms in total. The second kappa shape index (κ2) is 12.4. The Balaban J connectivity index is 2.27. The topological polar surface area (TPSA) is 126 Å². The van der Waals surface area contributed by atoms with Gasteiger partial charge in [0.15, 0.2) is 0 Å². The summed E-state index contributed by atoms with van der Waals surface area (Å²) in [6.07, 6.45) is -1.47. The average Bonchev–Trinajstić information content (AvgIpc) is 3.01. The predicted octanol–water partition coefficient (Wildman–Crippen LogP) is 5.35. The van der Waals surface area contributed by atoms with E-state index in [1.54, 1.807) is 60.6 Å². The number of carbonyl (C=O) groups is 5. The smallest absolute Gasteiger partial charge is 0.435 e. The first kappa shape index (κ1) is 30.8. The van der Waals surface area contributed by atoms with Crippen molar-refractivity contribution in [3.05, 3.63) is 35.4 Å². The fourth-order valence-electron chi connectivity index (χ4n) is 3.42. The van der Waals surface area contributed by atoms with E-state index < -0.39 is 40.4 Å². The van der Waals surface area contributed by atoms with E-state index in [0.29, 0.717) is 5.75 Å². The van der Waals surface area contributed by atoms with Crippen molar-refractivity contribution in [2.24, 2.45) is 4.99 Å². The average molecular weight is 549 g/mol. The Bertz CT molecular complexity index is 1090. The first-order valence-electron chi connectivity index (χ1n) is 12.3. The first-order chi connectivity index (χ1) is 17.6. The van der Waals surface area contributed by atoms with Crippen LogP contribution in [0, 0.1) is 0 Å². The highest BCUT2D eigenvalue weighted by atomic mass is 32.2. The summed E-state index contributed by atoms with van der Waals surface area (Å²) in [5, 5.41) is 1.45. The van der Waals surface area contributed by atoms with Crippen molar-refractivity contribution in [2.45, 2.75) is 73.0 Å². The Labute approximate surface area is 227 Å². The largest absolute Gasteiger partial charge is 0.443 e. The van der Waals surface area contributed by atoms with Crippen molar-refractivity contribution in [2.75, 3.05) is 18.8 Å². The van der Waals surface area contributed by atoms with Gasteiger partial charge in [-0.25, -0.2) is 14.6 Å². The lowest BCUT2D eigenvalue weighted by Gasteiger charge is -2.31. The van der Waals surface area contributed by atoms with Gasteiger partial charge in [0.1, 0.15) is 17.0 Å². The highest BCUT2D eigenvalue weighted by molar-refractivity contribution is 8.13. The number of benzene rings is 1. The highest BCUT2D eigenvalue weighted by Gasteiger charge is 2.41. The number of hydrogen-bond donors (Lipinski definition) is 0. The van der Waals surface area contributed by atoms with Gasteiger partial charge in [-0.2, -0.15) is 10.0 Å². The number of carbonyl (C=O) groups excluding carboxylic acids is 5. The lowest BCUT2D eigenvalue weighted by molar-refractivity contribution is 0.0201. The van der Waals surface area contributed by atoms with Gasteiger partial charge in [-0.3, -0.25) is 19.3 Å². The molecule has 2 rings (SSSR count). The van der Waals surface area contributed by atoms with Gasteiger partial charge in [-0.1, -0.05) is 30.8 Å². The lowest BCUT2D eigenvalue weighted by Crippen LogP contribution is -2.49. The van der Waals surface area contributed by atoms with Crippen molar-refractivity contribution < 1.29 is 33.4 Å². The van der Waals surface area contributed by atoms with Crippen LogP contribution in [0.25, 0.3) is 0 Å². The van der Waals surface area contributed by atoms with E-state index >= 15 is 0 Å². The van der Waals surface area contributed by atoms with Gasteiger partial charge in [0.25, 0.3) is 11.8 Å². The highest BCUT2D eigenvalue weighted by Crippen LogP contribution is 2.26. The summed E-state index contributed by atoms with van der Waals surface area (Å²) in [5.74, 6) is -0.718. The molecule has 1 aliphatic rings. The van der Waals surface area contributed by atoms with E-state index in [1.807, 2.05) is 0 Å². The molecule has 208 valence electrons. The van der Waals surface area contributed by atoms with Crippen molar-refractivity contribution in [3.63, 3.8) is 0 Å². The van der Waals surface area contributed by atoms with Gasteiger partial charge in [0.2, 0.25) is 0 Å². The summed E-state index contributed by atoms with van der Waals surface area (Å²) >= 11 is 0.953. The summed E-state index contributed by atoms with van der Waals surface area (Å²) in [6.45, 7) is 13.4. The van der Waals surface area contributed by atoms with E-state index in [-0.39, 0.29) is 36.5 Å². The van der Waals surface area contributed by atoms with Crippen LogP contribution >= 0.6 is 11.8 Å². The number of hydrazine groups is 1. The second-order valence-corrected chi connectivity index (χ2v) is 11.6. The predicted molar refractivity (Wildman–Crippen MR) is 144 cm³/mol. The molecule has 0 aromatic heterocycles. The van der Waals surface area contributed by atoms with Gasteiger partial charge in [0.05, 0.1) is 11.1 Å². The second-order valence-electron chi connectivity index (χ2n) is 10.4. The standard InChI is InChI=1S/C26H36N4O7S/c1-9-38-24(35)29(30-20(31)18-13-10-11-14-19(18)21(30)32)16-12-15-28(23(34)37-26(6,7)8)17(2)27-22(33)36-25(3,4)5/h10-11,13-14H,9,12,15-16H2,1-8H3. The number of fused-ring (bicyclic) bond motifs is 1. The third-order valence-electron chi connectivity index (χ3n) is 4.90. The van der Waals surface area contributed by atoms with Crippen molar-refractivity contribution in [1.82, 2.24) is 14.9 Å². The number of ether oxygens (including phenoxy) is 2. The quantitative estimate of drug-likeness (QED) is 0.264. The first-order valence-corrected chi connectivity index (χ1v) is 13.2. The summed E-state index contributed by atoms with van der Waals surface area (Å²) < 4.78 is 10.7. The van der Waals surface area contributed by atoms with Gasteiger partial charge in [0, 0.05) is 13.1 Å². The van der Waals surface area contributed by atoms with Crippen LogP contribution < -0.4 is 0 Å². The summed E-state index contributed by atoms with van der Waals surface area (Å²) in [7, 11) is 0. The zero-order valence-electron chi connectivity index (χ0n) is 23.2. The monoisotopic (exact) mass is 548 g/mol. The molecule has 1 aromatic carbocycles. The molecule has 0 unspecified atom stereocenters. The summed E-state index contributed by atoms with van der Waals surface area (Å²) in [4.78, 5) is 69.2. The van der Waals surface area contributed by atoms with E-state index in [4.69, 9.17) is 9.47 Å². The maximum atomic E-state index is 13.0. The van der Waals surface area contributed by atoms with Crippen LogP contribution in [0.15, 0.2) is 29.3 Å². The molecule has 1 aromatic rings. The molecular formula is C26H36N4O7S. The Morgan fingerprint density at radius 2 is 1.45 bits per heavy atom. The van der Waals surface area contributed by atoms with Gasteiger partial charge >= 0.3 is 17.4 Å². The number of imide groups is 1. The third kappa shape index (κ3) is 8.30. The fraction of sp³-hybridized carbons (Fsp3) is 0.538. The Hall–Kier alpha value is -3.41. The number of amidine groups is 1. The SMILES string of the molecule is CCSC(=O)N(CCCN(C(=O)OC(C)(C)C)C(C)=NC(=O)OC(C)(C)C)N1C(=O)c2ccccc2C1=O. The Kier molecular flexibility index (Phi) is 10.1. The minimum atomic E-state index is -0.870. The minimum Gasteiger partial charge on any atom is -0.443 e. The van der Waals surface area contributed by atoms with E-state index in [9.17, 15) is 24.0 Å². The van der Waals surface area contributed by atoms with Crippen LogP contribution in [0.1, 0.15) is 82.5 Å².